The molecule has 0 atom stereocenters. The van der Waals surface area contributed by atoms with Gasteiger partial charge in [-0.1, -0.05) is 13.0 Å². The predicted octanol–water partition coefficient (Wildman–Crippen LogP) is 2.85. The first-order chi connectivity index (χ1) is 8.17. The Morgan fingerprint density at radius 3 is 2.76 bits per heavy atom. The van der Waals surface area contributed by atoms with E-state index in [4.69, 9.17) is 4.74 Å². The summed E-state index contributed by atoms with van der Waals surface area (Å²) in [5.41, 5.74) is 0.868. The Balaban J connectivity index is 2.26. The summed E-state index contributed by atoms with van der Waals surface area (Å²) in [7, 11) is 0. The normalized spacial score (nSPS) is 10.2. The van der Waals surface area contributed by atoms with E-state index in [1.807, 2.05) is 13.8 Å². The molecule has 0 spiro atoms. The van der Waals surface area contributed by atoms with Crippen molar-refractivity contribution < 1.29 is 9.84 Å². The molecule has 1 heterocycles. The highest BCUT2D eigenvalue weighted by Gasteiger charge is 2.03. The van der Waals surface area contributed by atoms with Gasteiger partial charge in [-0.05, 0) is 19.1 Å². The second-order valence-electron chi connectivity index (χ2n) is 3.72. The summed E-state index contributed by atoms with van der Waals surface area (Å²) < 4.78 is 5.57. The van der Waals surface area contributed by atoms with Gasteiger partial charge in [-0.2, -0.15) is 4.98 Å². The quantitative estimate of drug-likeness (QED) is 0.880. The third-order valence-electron chi connectivity index (χ3n) is 2.23. The highest BCUT2D eigenvalue weighted by Crippen LogP contribution is 2.23. The molecule has 88 valence electrons. The lowest BCUT2D eigenvalue weighted by Crippen LogP contribution is -1.97. The van der Waals surface area contributed by atoms with Crippen LogP contribution >= 0.6 is 0 Å². The van der Waals surface area contributed by atoms with Crippen LogP contribution in [0.3, 0.4) is 0 Å². The monoisotopic (exact) mass is 230 g/mol. The minimum Gasteiger partial charge on any atom is -0.508 e. The summed E-state index contributed by atoms with van der Waals surface area (Å²) in [4.78, 5) is 8.53. The fraction of sp³-hybridized carbons (Fsp3) is 0.231. The van der Waals surface area contributed by atoms with Gasteiger partial charge in [0.15, 0.2) is 0 Å². The number of ether oxygens (including phenoxy) is 1. The summed E-state index contributed by atoms with van der Waals surface area (Å²) in [6.07, 6.45) is 0.762. The van der Waals surface area contributed by atoms with Crippen molar-refractivity contribution in [3.8, 4) is 17.4 Å². The van der Waals surface area contributed by atoms with Gasteiger partial charge >= 0.3 is 0 Å². The lowest BCUT2D eigenvalue weighted by Gasteiger charge is -2.07. The van der Waals surface area contributed by atoms with E-state index in [0.29, 0.717) is 11.6 Å². The summed E-state index contributed by atoms with van der Waals surface area (Å²) >= 11 is 0. The lowest BCUT2D eigenvalue weighted by molar-refractivity contribution is 0.442. The SMILES string of the molecule is CCc1nc(C)cc(Oc2cccc(O)c2)n1. The first-order valence-corrected chi connectivity index (χ1v) is 5.49. The molecule has 1 N–H and O–H groups in total. The van der Waals surface area contributed by atoms with Gasteiger partial charge in [-0.15, -0.1) is 0 Å². The van der Waals surface area contributed by atoms with E-state index in [1.54, 1.807) is 30.3 Å². The minimum atomic E-state index is 0.170. The van der Waals surface area contributed by atoms with Crippen LogP contribution in [0.4, 0.5) is 0 Å². The number of rotatable bonds is 3. The fourth-order valence-electron chi connectivity index (χ4n) is 1.48. The van der Waals surface area contributed by atoms with Gasteiger partial charge < -0.3 is 9.84 Å². The number of aryl methyl sites for hydroxylation is 2. The van der Waals surface area contributed by atoms with E-state index in [0.717, 1.165) is 17.9 Å². The standard InChI is InChI=1S/C13H14N2O2/c1-3-12-14-9(2)7-13(15-12)17-11-6-4-5-10(16)8-11/h4-8,16H,3H2,1-2H3. The van der Waals surface area contributed by atoms with E-state index >= 15 is 0 Å². The number of nitrogens with zero attached hydrogens (tertiary/aromatic N) is 2. The van der Waals surface area contributed by atoms with Crippen molar-refractivity contribution >= 4 is 0 Å². The number of hydrogen-bond acceptors (Lipinski definition) is 4. The largest absolute Gasteiger partial charge is 0.508 e. The van der Waals surface area contributed by atoms with Crippen LogP contribution in [0.5, 0.6) is 17.4 Å². The van der Waals surface area contributed by atoms with Crippen molar-refractivity contribution in [3.05, 3.63) is 41.9 Å². The highest BCUT2D eigenvalue weighted by atomic mass is 16.5. The smallest absolute Gasteiger partial charge is 0.222 e. The molecule has 4 nitrogen and oxygen atoms in total. The Kier molecular flexibility index (Phi) is 3.23. The zero-order chi connectivity index (χ0) is 12.3. The third-order valence-corrected chi connectivity index (χ3v) is 2.23. The van der Waals surface area contributed by atoms with Gasteiger partial charge in [0.2, 0.25) is 5.88 Å². The predicted molar refractivity (Wildman–Crippen MR) is 64.3 cm³/mol. The van der Waals surface area contributed by atoms with Crippen LogP contribution in [0.15, 0.2) is 30.3 Å². The molecule has 0 aliphatic carbocycles. The Morgan fingerprint density at radius 1 is 1.24 bits per heavy atom. The second-order valence-corrected chi connectivity index (χ2v) is 3.72. The molecule has 17 heavy (non-hydrogen) atoms. The number of aromatic nitrogens is 2. The van der Waals surface area contributed by atoms with Crippen LogP contribution in [0, 0.1) is 6.92 Å². The Morgan fingerprint density at radius 2 is 2.06 bits per heavy atom. The third kappa shape index (κ3) is 2.93. The number of phenols is 1. The summed E-state index contributed by atoms with van der Waals surface area (Å²) in [5.74, 6) is 1.98. The number of aromatic hydroxyl groups is 1. The van der Waals surface area contributed by atoms with Crippen LogP contribution in [-0.2, 0) is 6.42 Å². The lowest BCUT2D eigenvalue weighted by atomic mass is 10.3. The van der Waals surface area contributed by atoms with E-state index in [1.165, 1.54) is 0 Å². The Bertz CT molecular complexity index is 527. The number of benzene rings is 1. The van der Waals surface area contributed by atoms with Crippen LogP contribution < -0.4 is 4.74 Å². The molecule has 0 fully saturated rings. The van der Waals surface area contributed by atoms with Crippen LogP contribution in [0.2, 0.25) is 0 Å². The molecule has 0 bridgehead atoms. The molecule has 0 aliphatic rings. The van der Waals surface area contributed by atoms with Crippen LogP contribution in [0.1, 0.15) is 18.4 Å². The fourth-order valence-corrected chi connectivity index (χ4v) is 1.48. The molecule has 1 aromatic heterocycles. The van der Waals surface area contributed by atoms with E-state index in [-0.39, 0.29) is 5.75 Å². The van der Waals surface area contributed by atoms with Crippen LogP contribution in [0.25, 0.3) is 0 Å². The zero-order valence-corrected chi connectivity index (χ0v) is 9.84. The van der Waals surface area contributed by atoms with Crippen molar-refractivity contribution in [2.24, 2.45) is 0 Å². The molecule has 4 heteroatoms. The summed E-state index contributed by atoms with van der Waals surface area (Å²) in [5, 5.41) is 9.33. The average molecular weight is 230 g/mol. The van der Waals surface area contributed by atoms with Gasteiger partial charge in [0.1, 0.15) is 17.3 Å². The molecule has 0 saturated carbocycles. The molecule has 1 aromatic carbocycles. The maximum absolute atomic E-state index is 9.33. The number of hydrogen-bond donors (Lipinski definition) is 1. The zero-order valence-electron chi connectivity index (χ0n) is 9.84. The van der Waals surface area contributed by atoms with E-state index < -0.39 is 0 Å². The molecule has 0 radical (unpaired) electrons. The Hall–Kier alpha value is -2.10. The van der Waals surface area contributed by atoms with Crippen molar-refractivity contribution in [2.75, 3.05) is 0 Å². The van der Waals surface area contributed by atoms with Gasteiger partial charge in [0.05, 0.1) is 0 Å². The van der Waals surface area contributed by atoms with E-state index in [2.05, 4.69) is 9.97 Å². The molecule has 2 aromatic rings. The van der Waals surface area contributed by atoms with Gasteiger partial charge in [0.25, 0.3) is 0 Å². The topological polar surface area (TPSA) is 55.2 Å². The van der Waals surface area contributed by atoms with E-state index in [9.17, 15) is 5.11 Å². The van der Waals surface area contributed by atoms with Crippen molar-refractivity contribution in [1.82, 2.24) is 9.97 Å². The van der Waals surface area contributed by atoms with Crippen molar-refractivity contribution in [2.45, 2.75) is 20.3 Å². The number of phenolic OH excluding ortho intramolecular Hbond substituents is 1. The summed E-state index contributed by atoms with van der Waals surface area (Å²) in [6, 6.07) is 8.39. The van der Waals surface area contributed by atoms with Gasteiger partial charge in [-0.25, -0.2) is 4.98 Å². The molecule has 0 amide bonds. The molecule has 0 saturated heterocycles. The second kappa shape index (κ2) is 4.82. The minimum absolute atomic E-state index is 0.170. The highest BCUT2D eigenvalue weighted by molar-refractivity contribution is 5.34. The average Bonchev–Trinajstić information content (AvgIpc) is 2.28. The molecule has 0 aliphatic heterocycles. The van der Waals surface area contributed by atoms with Gasteiger partial charge in [-0.3, -0.25) is 0 Å². The summed E-state index contributed by atoms with van der Waals surface area (Å²) in [6.45, 7) is 3.89. The first-order valence-electron chi connectivity index (χ1n) is 5.49. The van der Waals surface area contributed by atoms with Gasteiger partial charge in [0, 0.05) is 24.2 Å². The maximum Gasteiger partial charge on any atom is 0.222 e. The molecule has 2 rings (SSSR count). The molecular weight excluding hydrogens is 216 g/mol. The molecular formula is C13H14N2O2. The Labute approximate surface area is 99.9 Å². The maximum atomic E-state index is 9.33. The van der Waals surface area contributed by atoms with Crippen molar-refractivity contribution in [3.63, 3.8) is 0 Å². The first kappa shape index (κ1) is 11.4. The molecule has 0 unspecified atom stereocenters. The van der Waals surface area contributed by atoms with Crippen molar-refractivity contribution in [1.29, 1.82) is 0 Å². The van der Waals surface area contributed by atoms with Crippen LogP contribution in [-0.4, -0.2) is 15.1 Å².